The number of alkyl halides is 3. The van der Waals surface area contributed by atoms with E-state index in [9.17, 15) is 18.0 Å². The van der Waals surface area contributed by atoms with Crippen molar-refractivity contribution in [1.29, 1.82) is 0 Å². The number of nitrogens with zero attached hydrogens (tertiary/aromatic N) is 4. The van der Waals surface area contributed by atoms with Gasteiger partial charge in [0.2, 0.25) is 0 Å². The monoisotopic (exact) mass is 669 g/mol. The Balaban J connectivity index is 1.13. The number of hydrogen-bond donors (Lipinski definition) is 1. The van der Waals surface area contributed by atoms with Crippen LogP contribution in [0.2, 0.25) is 0 Å². The summed E-state index contributed by atoms with van der Waals surface area (Å²) in [6.45, 7) is 0.471. The van der Waals surface area contributed by atoms with Gasteiger partial charge in [0.25, 0.3) is 5.91 Å². The molecule has 11 heteroatoms. The van der Waals surface area contributed by atoms with E-state index in [1.165, 1.54) is 40.3 Å². The van der Waals surface area contributed by atoms with Crippen molar-refractivity contribution in [2.24, 2.45) is 0 Å². The van der Waals surface area contributed by atoms with Gasteiger partial charge in [-0.3, -0.25) is 9.36 Å². The highest BCUT2D eigenvalue weighted by atomic mass is 32.2. The van der Waals surface area contributed by atoms with Crippen LogP contribution in [0, 0.1) is 0 Å². The predicted octanol–water partition coefficient (Wildman–Crippen LogP) is 8.58. The fourth-order valence-corrected chi connectivity index (χ4v) is 7.06. The molecular weight excluding hydrogens is 640 g/mol. The van der Waals surface area contributed by atoms with Gasteiger partial charge >= 0.3 is 6.18 Å². The van der Waals surface area contributed by atoms with Gasteiger partial charge in [0.1, 0.15) is 16.5 Å². The van der Waals surface area contributed by atoms with Crippen molar-refractivity contribution >= 4 is 29.0 Å². The first-order chi connectivity index (χ1) is 22.8. The molecule has 0 spiro atoms. The molecular formula is C36H30F3N5OS2. The molecule has 2 heterocycles. The lowest BCUT2D eigenvalue weighted by Crippen LogP contribution is -2.26. The van der Waals surface area contributed by atoms with Crippen LogP contribution in [0.25, 0.3) is 5.69 Å². The van der Waals surface area contributed by atoms with Gasteiger partial charge in [-0.1, -0.05) is 109 Å². The predicted molar refractivity (Wildman–Crippen MR) is 179 cm³/mol. The fourth-order valence-electron chi connectivity index (χ4n) is 5.29. The minimum absolute atomic E-state index is 0.140. The molecule has 0 aliphatic rings. The summed E-state index contributed by atoms with van der Waals surface area (Å²) in [5, 5.41) is 14.5. The standard InChI is InChI=1S/C36H30F3N5OS2/c37-36(38,39)28-17-10-18-29(22-28)44-32(21-25-11-4-1-5-12-25)42-43-35(44)47-24-33-41-31(23-46-33)34(45)40-20-19-30(26-13-6-2-7-14-26)27-15-8-3-9-16-27/h1-18,22-23,30H,19-21,24H2,(H,40,45). The van der Waals surface area contributed by atoms with Gasteiger partial charge in [-0.15, -0.1) is 21.5 Å². The van der Waals surface area contributed by atoms with E-state index in [1.54, 1.807) is 16.0 Å². The molecule has 6 rings (SSSR count). The molecule has 0 aliphatic heterocycles. The SMILES string of the molecule is O=C(NCCC(c1ccccc1)c1ccccc1)c1csc(CSc2nnc(Cc3ccccc3)n2-c2cccc(C(F)(F)F)c2)n1. The number of rotatable bonds is 12. The van der Waals surface area contributed by atoms with Gasteiger partial charge in [0.05, 0.1) is 17.0 Å². The van der Waals surface area contributed by atoms with Crippen LogP contribution in [0.3, 0.4) is 0 Å². The van der Waals surface area contributed by atoms with Gasteiger partial charge in [-0.2, -0.15) is 13.2 Å². The number of benzene rings is 4. The first-order valence-electron chi connectivity index (χ1n) is 15.0. The lowest BCUT2D eigenvalue weighted by Gasteiger charge is -2.18. The Morgan fingerprint density at radius 1 is 0.851 bits per heavy atom. The molecule has 0 radical (unpaired) electrons. The van der Waals surface area contributed by atoms with Crippen LogP contribution in [-0.2, 0) is 18.3 Å². The smallest absolute Gasteiger partial charge is 0.351 e. The molecule has 0 unspecified atom stereocenters. The van der Waals surface area contributed by atoms with Gasteiger partial charge in [0.15, 0.2) is 5.16 Å². The van der Waals surface area contributed by atoms with Gasteiger partial charge < -0.3 is 5.32 Å². The highest BCUT2D eigenvalue weighted by Crippen LogP contribution is 2.33. The van der Waals surface area contributed by atoms with E-state index < -0.39 is 11.7 Å². The Bertz CT molecular complexity index is 1870. The van der Waals surface area contributed by atoms with E-state index in [1.807, 2.05) is 66.7 Å². The van der Waals surface area contributed by atoms with Crippen molar-refractivity contribution in [3.8, 4) is 5.69 Å². The third-order valence-corrected chi connectivity index (χ3v) is 9.54. The summed E-state index contributed by atoms with van der Waals surface area (Å²) >= 11 is 2.65. The maximum Gasteiger partial charge on any atom is 0.416 e. The van der Waals surface area contributed by atoms with Crippen LogP contribution in [0.5, 0.6) is 0 Å². The summed E-state index contributed by atoms with van der Waals surface area (Å²) < 4.78 is 42.4. The molecule has 0 bridgehead atoms. The van der Waals surface area contributed by atoms with E-state index in [0.717, 1.165) is 24.1 Å². The van der Waals surface area contributed by atoms with Crippen LogP contribution in [0.15, 0.2) is 126 Å². The van der Waals surface area contributed by atoms with Crippen molar-refractivity contribution in [3.63, 3.8) is 0 Å². The van der Waals surface area contributed by atoms with Crippen molar-refractivity contribution < 1.29 is 18.0 Å². The molecule has 238 valence electrons. The lowest BCUT2D eigenvalue weighted by molar-refractivity contribution is -0.137. The Hall–Kier alpha value is -4.74. The van der Waals surface area contributed by atoms with Crippen molar-refractivity contribution in [2.75, 3.05) is 6.54 Å². The Morgan fingerprint density at radius 3 is 2.17 bits per heavy atom. The molecule has 0 aliphatic carbocycles. The Morgan fingerprint density at radius 2 is 1.51 bits per heavy atom. The van der Waals surface area contributed by atoms with Crippen molar-refractivity contribution in [3.05, 3.63) is 159 Å². The molecule has 2 aromatic heterocycles. The number of carbonyl (C=O) groups is 1. The summed E-state index contributed by atoms with van der Waals surface area (Å²) in [7, 11) is 0. The van der Waals surface area contributed by atoms with E-state index in [-0.39, 0.29) is 11.8 Å². The Labute approximate surface area is 278 Å². The number of thioether (sulfide) groups is 1. The third-order valence-electron chi connectivity index (χ3n) is 7.57. The molecule has 1 N–H and O–H groups in total. The van der Waals surface area contributed by atoms with E-state index in [2.05, 4.69) is 44.8 Å². The molecule has 1 amide bonds. The number of thiazole rings is 1. The number of amides is 1. The molecule has 4 aromatic carbocycles. The topological polar surface area (TPSA) is 72.7 Å². The van der Waals surface area contributed by atoms with Crippen molar-refractivity contribution in [2.45, 2.75) is 35.8 Å². The fraction of sp³-hybridized carbons (Fsp3) is 0.167. The second-order valence-corrected chi connectivity index (χ2v) is 12.7. The zero-order valence-electron chi connectivity index (χ0n) is 25.1. The maximum absolute atomic E-state index is 13.6. The van der Waals surface area contributed by atoms with Gasteiger partial charge in [-0.25, -0.2) is 4.98 Å². The van der Waals surface area contributed by atoms with Crippen LogP contribution in [0.1, 0.15) is 55.9 Å². The summed E-state index contributed by atoms with van der Waals surface area (Å²) in [5.41, 5.74) is 3.22. The van der Waals surface area contributed by atoms with Crippen LogP contribution < -0.4 is 5.32 Å². The molecule has 6 nitrogen and oxygen atoms in total. The molecule has 6 aromatic rings. The maximum atomic E-state index is 13.6. The van der Waals surface area contributed by atoms with E-state index in [0.29, 0.717) is 46.1 Å². The summed E-state index contributed by atoms with van der Waals surface area (Å²) in [4.78, 5) is 17.6. The largest absolute Gasteiger partial charge is 0.416 e. The number of halogens is 3. The molecule has 0 saturated carbocycles. The van der Waals surface area contributed by atoms with E-state index in [4.69, 9.17) is 0 Å². The number of nitrogens with one attached hydrogen (secondary N) is 1. The second kappa shape index (κ2) is 14.8. The van der Waals surface area contributed by atoms with Gasteiger partial charge in [0, 0.05) is 24.3 Å². The molecule has 47 heavy (non-hydrogen) atoms. The zero-order valence-corrected chi connectivity index (χ0v) is 26.7. The Kier molecular flexibility index (Phi) is 10.1. The van der Waals surface area contributed by atoms with Crippen LogP contribution in [-0.4, -0.2) is 32.2 Å². The van der Waals surface area contributed by atoms with Crippen LogP contribution in [0.4, 0.5) is 13.2 Å². The van der Waals surface area contributed by atoms with Crippen LogP contribution >= 0.6 is 23.1 Å². The number of hydrogen-bond acceptors (Lipinski definition) is 6. The minimum Gasteiger partial charge on any atom is -0.351 e. The lowest BCUT2D eigenvalue weighted by atomic mass is 9.88. The third kappa shape index (κ3) is 8.16. The van der Waals surface area contributed by atoms with E-state index >= 15 is 0 Å². The summed E-state index contributed by atoms with van der Waals surface area (Å²) in [6, 6.07) is 35.2. The average Bonchev–Trinajstić information content (AvgIpc) is 3.74. The number of aromatic nitrogens is 4. The summed E-state index contributed by atoms with van der Waals surface area (Å²) in [5.74, 6) is 0.766. The van der Waals surface area contributed by atoms with Crippen molar-refractivity contribution in [1.82, 2.24) is 25.1 Å². The molecule has 0 atom stereocenters. The quantitative estimate of drug-likeness (QED) is 0.132. The average molecular weight is 670 g/mol. The highest BCUT2D eigenvalue weighted by Gasteiger charge is 2.31. The second-order valence-electron chi connectivity index (χ2n) is 10.8. The first kappa shape index (κ1) is 32.2. The zero-order chi connectivity index (χ0) is 32.6. The first-order valence-corrected chi connectivity index (χ1v) is 16.8. The molecule has 0 saturated heterocycles. The highest BCUT2D eigenvalue weighted by molar-refractivity contribution is 7.98. The number of carbonyl (C=O) groups excluding carboxylic acids is 1. The minimum atomic E-state index is -4.49. The molecule has 0 fully saturated rings. The summed E-state index contributed by atoms with van der Waals surface area (Å²) in [6.07, 6.45) is -3.37. The van der Waals surface area contributed by atoms with Gasteiger partial charge in [-0.05, 0) is 41.3 Å². The normalized spacial score (nSPS) is 11.6.